The Labute approximate surface area is 172 Å². The predicted molar refractivity (Wildman–Crippen MR) is 126 cm³/mol. The van der Waals surface area contributed by atoms with Gasteiger partial charge >= 0.3 is 0 Å². The van der Waals surface area contributed by atoms with Gasteiger partial charge in [0, 0.05) is 5.25 Å². The van der Waals surface area contributed by atoms with E-state index < -0.39 is 0 Å². The Bertz CT molecular complexity index is 469. The van der Waals surface area contributed by atoms with E-state index in [1.54, 1.807) is 0 Å². The highest BCUT2D eigenvalue weighted by Gasteiger charge is 2.03. The Morgan fingerprint density at radius 1 is 0.630 bits per heavy atom. The van der Waals surface area contributed by atoms with Gasteiger partial charge in [-0.2, -0.15) is 11.8 Å². The fraction of sp³-hybridized carbons (Fsp3) is 0.520. The second-order valence-corrected chi connectivity index (χ2v) is 7.73. The van der Waals surface area contributed by atoms with Crippen LogP contribution < -0.4 is 0 Å². The summed E-state index contributed by atoms with van der Waals surface area (Å²) < 4.78 is 0. The lowest BCUT2D eigenvalue weighted by molar-refractivity contribution is 0.295. The number of hydrogen-bond acceptors (Lipinski definition) is 2. The molecular formula is C25H40OS. The first-order valence-corrected chi connectivity index (χ1v) is 11.5. The van der Waals surface area contributed by atoms with Crippen molar-refractivity contribution in [1.82, 2.24) is 0 Å². The molecule has 0 spiro atoms. The summed E-state index contributed by atoms with van der Waals surface area (Å²) in [7, 11) is 0. The molecule has 0 aliphatic heterocycles. The third-order valence-corrected chi connectivity index (χ3v) is 5.21. The number of allylic oxidation sites excluding steroid dienone is 12. The summed E-state index contributed by atoms with van der Waals surface area (Å²) in [4.78, 5) is 0. The lowest BCUT2D eigenvalue weighted by Crippen LogP contribution is -2.07. The molecule has 152 valence electrons. The van der Waals surface area contributed by atoms with E-state index in [9.17, 15) is 5.11 Å². The monoisotopic (exact) mass is 388 g/mol. The maximum atomic E-state index is 9.31. The van der Waals surface area contributed by atoms with Crippen molar-refractivity contribution >= 4 is 11.8 Å². The standard InChI is InChI=1S/C25H40OS/c1-3-5-6-7-8-9-10-11-12-13-14-15-16-17-18-19-20-21-22-25(24-26)27-23-4-2/h5-6,8-9,11-12,14-15,17-18,20-21,25-26H,3-4,7,10,13,16,19,22-24H2,1-2H3. The molecule has 1 unspecified atom stereocenters. The Kier molecular flexibility index (Phi) is 21.7. The molecule has 0 heterocycles. The maximum absolute atomic E-state index is 9.31. The van der Waals surface area contributed by atoms with Crippen LogP contribution in [-0.4, -0.2) is 22.7 Å². The van der Waals surface area contributed by atoms with Gasteiger partial charge in [0.1, 0.15) is 0 Å². The molecule has 0 fully saturated rings. The lowest BCUT2D eigenvalue weighted by Gasteiger charge is -2.09. The van der Waals surface area contributed by atoms with Gasteiger partial charge in [0.05, 0.1) is 6.61 Å². The normalized spacial score (nSPS) is 14.3. The highest BCUT2D eigenvalue weighted by atomic mass is 32.2. The zero-order chi connectivity index (χ0) is 19.8. The topological polar surface area (TPSA) is 20.2 Å². The quantitative estimate of drug-likeness (QED) is 0.259. The van der Waals surface area contributed by atoms with Crippen molar-refractivity contribution in [1.29, 1.82) is 0 Å². The molecule has 0 saturated carbocycles. The molecule has 27 heavy (non-hydrogen) atoms. The van der Waals surface area contributed by atoms with Crippen molar-refractivity contribution in [2.45, 2.75) is 70.5 Å². The van der Waals surface area contributed by atoms with E-state index in [0.29, 0.717) is 5.25 Å². The first-order valence-electron chi connectivity index (χ1n) is 10.5. The first kappa shape index (κ1) is 25.8. The molecule has 0 aliphatic carbocycles. The Hall–Kier alpha value is -1.25. The van der Waals surface area contributed by atoms with Crippen LogP contribution >= 0.6 is 11.8 Å². The second kappa shape index (κ2) is 22.8. The molecule has 0 radical (unpaired) electrons. The van der Waals surface area contributed by atoms with E-state index in [0.717, 1.165) is 50.7 Å². The summed E-state index contributed by atoms with van der Waals surface area (Å²) in [5, 5.41) is 9.67. The molecule has 0 aromatic heterocycles. The molecular weight excluding hydrogens is 348 g/mol. The first-order chi connectivity index (χ1) is 13.3. The molecule has 1 N–H and O–H groups in total. The maximum Gasteiger partial charge on any atom is 0.0553 e. The SMILES string of the molecule is CCC=CCC=CCC=CCC=CCC=CCC=CCC(CO)SCCC. The molecule has 1 nitrogen and oxygen atoms in total. The van der Waals surface area contributed by atoms with Gasteiger partial charge in [-0.25, -0.2) is 0 Å². The van der Waals surface area contributed by atoms with Gasteiger partial charge in [-0.1, -0.05) is 86.8 Å². The minimum Gasteiger partial charge on any atom is -0.395 e. The molecule has 0 aromatic carbocycles. The summed E-state index contributed by atoms with van der Waals surface area (Å²) in [6.45, 7) is 4.61. The van der Waals surface area contributed by atoms with Gasteiger partial charge in [0.2, 0.25) is 0 Å². The van der Waals surface area contributed by atoms with Gasteiger partial charge in [0.25, 0.3) is 0 Å². The highest BCUT2D eigenvalue weighted by molar-refractivity contribution is 7.99. The molecule has 0 rings (SSSR count). The van der Waals surface area contributed by atoms with E-state index in [2.05, 4.69) is 86.8 Å². The fourth-order valence-corrected chi connectivity index (χ4v) is 3.17. The predicted octanol–water partition coefficient (Wildman–Crippen LogP) is 7.58. The van der Waals surface area contributed by atoms with Crippen molar-refractivity contribution < 1.29 is 5.11 Å². The van der Waals surface area contributed by atoms with Crippen molar-refractivity contribution in [3.8, 4) is 0 Å². The Morgan fingerprint density at radius 3 is 1.41 bits per heavy atom. The average Bonchev–Trinajstić information content (AvgIpc) is 2.69. The summed E-state index contributed by atoms with van der Waals surface area (Å²) in [6.07, 6.45) is 34.9. The minimum atomic E-state index is 0.274. The van der Waals surface area contributed by atoms with Crippen molar-refractivity contribution in [3.63, 3.8) is 0 Å². The molecule has 0 bridgehead atoms. The van der Waals surface area contributed by atoms with Crippen LogP contribution in [0.1, 0.15) is 65.2 Å². The number of rotatable bonds is 17. The smallest absolute Gasteiger partial charge is 0.0553 e. The number of hydrogen-bond donors (Lipinski definition) is 1. The summed E-state index contributed by atoms with van der Waals surface area (Å²) in [5.74, 6) is 1.13. The highest BCUT2D eigenvalue weighted by Crippen LogP contribution is 2.15. The van der Waals surface area contributed by atoms with Gasteiger partial charge in [0.15, 0.2) is 0 Å². The van der Waals surface area contributed by atoms with Crippen LogP contribution in [0.3, 0.4) is 0 Å². The molecule has 1 atom stereocenters. The van der Waals surface area contributed by atoms with Crippen molar-refractivity contribution in [2.75, 3.05) is 12.4 Å². The molecule has 0 saturated heterocycles. The number of aliphatic hydroxyl groups is 1. The Balaban J connectivity index is 3.63. The zero-order valence-electron chi connectivity index (χ0n) is 17.4. The van der Waals surface area contributed by atoms with Crippen LogP contribution in [0.15, 0.2) is 72.9 Å². The molecule has 2 heteroatoms. The van der Waals surface area contributed by atoms with Crippen LogP contribution in [0.25, 0.3) is 0 Å². The van der Waals surface area contributed by atoms with Gasteiger partial charge in [-0.3, -0.25) is 0 Å². The van der Waals surface area contributed by atoms with Crippen LogP contribution in [0.5, 0.6) is 0 Å². The van der Waals surface area contributed by atoms with E-state index in [4.69, 9.17) is 0 Å². The van der Waals surface area contributed by atoms with E-state index >= 15 is 0 Å². The number of thioether (sulfide) groups is 1. The Morgan fingerprint density at radius 2 is 1.04 bits per heavy atom. The summed E-state index contributed by atoms with van der Waals surface area (Å²) >= 11 is 1.87. The van der Waals surface area contributed by atoms with E-state index in [1.165, 1.54) is 6.42 Å². The third kappa shape index (κ3) is 20.9. The summed E-state index contributed by atoms with van der Waals surface area (Å²) in [6, 6.07) is 0. The minimum absolute atomic E-state index is 0.274. The van der Waals surface area contributed by atoms with Crippen LogP contribution in [-0.2, 0) is 0 Å². The third-order valence-electron chi connectivity index (χ3n) is 3.76. The van der Waals surface area contributed by atoms with Crippen LogP contribution in [0, 0.1) is 0 Å². The average molecular weight is 389 g/mol. The van der Waals surface area contributed by atoms with E-state index in [1.807, 2.05) is 11.8 Å². The molecule has 0 aromatic rings. The lowest BCUT2D eigenvalue weighted by atomic mass is 10.2. The largest absolute Gasteiger partial charge is 0.395 e. The second-order valence-electron chi connectivity index (χ2n) is 6.33. The van der Waals surface area contributed by atoms with Crippen molar-refractivity contribution in [2.24, 2.45) is 0 Å². The van der Waals surface area contributed by atoms with Crippen molar-refractivity contribution in [3.05, 3.63) is 72.9 Å². The fourth-order valence-electron chi connectivity index (χ4n) is 2.25. The zero-order valence-corrected chi connectivity index (χ0v) is 18.2. The number of aliphatic hydroxyl groups excluding tert-OH is 1. The summed E-state index contributed by atoms with van der Waals surface area (Å²) in [5.41, 5.74) is 0. The molecule has 0 aliphatic rings. The van der Waals surface area contributed by atoms with Crippen LogP contribution in [0.2, 0.25) is 0 Å². The van der Waals surface area contributed by atoms with Crippen LogP contribution in [0.4, 0.5) is 0 Å². The van der Waals surface area contributed by atoms with Gasteiger partial charge in [-0.05, 0) is 57.1 Å². The van der Waals surface area contributed by atoms with E-state index in [-0.39, 0.29) is 6.61 Å². The van der Waals surface area contributed by atoms with Gasteiger partial charge in [-0.15, -0.1) is 0 Å². The molecule has 0 amide bonds. The van der Waals surface area contributed by atoms with Gasteiger partial charge < -0.3 is 5.11 Å².